The molecule has 0 saturated carbocycles. The number of nitrogens with one attached hydrogen (secondary N) is 1. The van der Waals surface area contributed by atoms with Crippen molar-refractivity contribution >= 4 is 17.3 Å². The van der Waals surface area contributed by atoms with E-state index in [-0.39, 0.29) is 17.9 Å². The van der Waals surface area contributed by atoms with Crippen LogP contribution >= 0.6 is 0 Å². The third-order valence-electron chi connectivity index (χ3n) is 5.10. The van der Waals surface area contributed by atoms with Crippen molar-refractivity contribution < 1.29 is 14.5 Å². The summed E-state index contributed by atoms with van der Waals surface area (Å²) in [4.78, 5) is 22.8. The van der Waals surface area contributed by atoms with Crippen molar-refractivity contribution in [2.24, 2.45) is 5.10 Å². The minimum absolute atomic E-state index is 0.0813. The molecule has 0 saturated heterocycles. The van der Waals surface area contributed by atoms with Gasteiger partial charge in [0.15, 0.2) is 0 Å². The molecule has 1 heterocycles. The number of carbonyl (C=O) groups is 1. The van der Waals surface area contributed by atoms with Crippen molar-refractivity contribution in [2.75, 3.05) is 0 Å². The van der Waals surface area contributed by atoms with E-state index in [1.165, 1.54) is 17.2 Å². The molecule has 9 nitrogen and oxygen atoms in total. The number of nitro groups is 1. The number of rotatable bonds is 8. The van der Waals surface area contributed by atoms with Crippen molar-refractivity contribution in [3.05, 3.63) is 86.7 Å². The maximum absolute atomic E-state index is 12.2. The third kappa shape index (κ3) is 5.37. The van der Waals surface area contributed by atoms with Crippen LogP contribution < -0.4 is 10.2 Å². The summed E-state index contributed by atoms with van der Waals surface area (Å²) in [6.07, 6.45) is 0. The smallest absolute Gasteiger partial charge is 0.312 e. The van der Waals surface area contributed by atoms with Gasteiger partial charge < -0.3 is 4.74 Å². The molecule has 0 spiro atoms. The number of nitrogens with zero attached hydrogens (tertiary/aromatic N) is 4. The lowest BCUT2D eigenvalue weighted by atomic mass is 10.1. The molecule has 0 aliphatic heterocycles. The molecular weight excluding hydrogens is 410 g/mol. The number of hydrogen-bond acceptors (Lipinski definition) is 6. The van der Waals surface area contributed by atoms with Crippen molar-refractivity contribution in [3.8, 4) is 5.75 Å². The molecule has 0 fully saturated rings. The number of ether oxygens (including phenoxy) is 1. The lowest BCUT2D eigenvalue weighted by Gasteiger charge is -2.09. The molecule has 1 amide bonds. The normalized spacial score (nSPS) is 11.3. The monoisotopic (exact) mass is 435 g/mol. The largest absolute Gasteiger partial charge is 0.489 e. The van der Waals surface area contributed by atoms with Crippen LogP contribution in [0.5, 0.6) is 5.75 Å². The number of hydrazone groups is 1. The van der Waals surface area contributed by atoms with Gasteiger partial charge in [-0.25, -0.2) is 5.43 Å². The molecule has 3 aromatic rings. The molecule has 0 atom stereocenters. The van der Waals surface area contributed by atoms with E-state index in [4.69, 9.17) is 4.74 Å². The van der Waals surface area contributed by atoms with Crippen LogP contribution in [0.15, 0.2) is 53.6 Å². The maximum atomic E-state index is 12.2. The second-order valence-corrected chi connectivity index (χ2v) is 7.41. The van der Waals surface area contributed by atoms with E-state index >= 15 is 0 Å². The lowest BCUT2D eigenvalue weighted by Crippen LogP contribution is -2.25. The Labute approximate surface area is 185 Å². The molecule has 0 aliphatic carbocycles. The number of carbonyl (C=O) groups excluding carboxylic acids is 1. The van der Waals surface area contributed by atoms with Crippen molar-refractivity contribution in [3.63, 3.8) is 0 Å². The zero-order valence-electron chi connectivity index (χ0n) is 18.5. The Hall–Kier alpha value is -4.01. The SMILES string of the molecule is C/C(=N\NC(=O)Cn1nc(C)c([N+](=O)[O-])c1C)c1ccc(OCc2ccccc2C)cc1. The molecule has 0 bridgehead atoms. The Balaban J connectivity index is 1.57. The minimum atomic E-state index is -0.497. The van der Waals surface area contributed by atoms with Crippen LogP contribution in [-0.4, -0.2) is 26.3 Å². The van der Waals surface area contributed by atoms with Crippen molar-refractivity contribution in [1.82, 2.24) is 15.2 Å². The summed E-state index contributed by atoms with van der Waals surface area (Å²) in [5.41, 5.74) is 6.73. The van der Waals surface area contributed by atoms with Gasteiger partial charge in [-0.3, -0.25) is 19.6 Å². The highest BCUT2D eigenvalue weighted by molar-refractivity contribution is 5.99. The Bertz CT molecular complexity index is 1170. The first-order valence-electron chi connectivity index (χ1n) is 10.1. The standard InChI is InChI=1S/C23H25N5O4/c1-15-7-5-6-8-20(15)14-32-21-11-9-19(10-12-21)16(2)24-25-22(29)13-27-18(4)23(28(30)31)17(3)26-27/h5-12H,13-14H2,1-4H3,(H,25,29)/b24-16+. The molecular formula is C23H25N5O4. The molecule has 1 N–H and O–H groups in total. The second-order valence-electron chi connectivity index (χ2n) is 7.41. The first-order chi connectivity index (χ1) is 15.3. The van der Waals surface area contributed by atoms with Gasteiger partial charge in [0.1, 0.15) is 30.3 Å². The molecule has 3 rings (SSSR count). The summed E-state index contributed by atoms with van der Waals surface area (Å²) in [6.45, 7) is 7.24. The number of benzene rings is 2. The molecule has 0 radical (unpaired) electrons. The van der Waals surface area contributed by atoms with Crippen LogP contribution in [0.3, 0.4) is 0 Å². The molecule has 9 heteroatoms. The lowest BCUT2D eigenvalue weighted by molar-refractivity contribution is -0.386. The highest BCUT2D eigenvalue weighted by Crippen LogP contribution is 2.21. The summed E-state index contributed by atoms with van der Waals surface area (Å²) in [5, 5.41) is 19.3. The van der Waals surface area contributed by atoms with E-state index in [0.717, 1.165) is 16.9 Å². The zero-order valence-corrected chi connectivity index (χ0v) is 18.5. The van der Waals surface area contributed by atoms with Gasteiger partial charge in [-0.05, 0) is 68.7 Å². The number of amides is 1. The van der Waals surface area contributed by atoms with Crippen molar-refractivity contribution in [2.45, 2.75) is 40.8 Å². The highest BCUT2D eigenvalue weighted by atomic mass is 16.6. The van der Waals surface area contributed by atoms with Crippen LogP contribution in [-0.2, 0) is 17.9 Å². The zero-order chi connectivity index (χ0) is 23.3. The summed E-state index contributed by atoms with van der Waals surface area (Å²) in [6, 6.07) is 15.5. The Kier molecular flexibility index (Phi) is 6.99. The van der Waals surface area contributed by atoms with E-state index in [0.29, 0.717) is 18.0 Å². The molecule has 166 valence electrons. The Morgan fingerprint density at radius 2 is 1.84 bits per heavy atom. The fraction of sp³-hybridized carbons (Fsp3) is 0.261. The number of hydrogen-bond donors (Lipinski definition) is 1. The average Bonchev–Trinajstić information content (AvgIpc) is 3.04. The number of aryl methyl sites for hydroxylation is 2. The Morgan fingerprint density at radius 1 is 1.16 bits per heavy atom. The molecule has 1 aromatic heterocycles. The van der Waals surface area contributed by atoms with Gasteiger partial charge in [0.2, 0.25) is 0 Å². The van der Waals surface area contributed by atoms with Crippen LogP contribution in [0.2, 0.25) is 0 Å². The fourth-order valence-corrected chi connectivity index (χ4v) is 3.21. The molecule has 32 heavy (non-hydrogen) atoms. The number of aromatic nitrogens is 2. The molecule has 2 aromatic carbocycles. The van der Waals surface area contributed by atoms with E-state index in [1.54, 1.807) is 13.8 Å². The Morgan fingerprint density at radius 3 is 2.47 bits per heavy atom. The topological polar surface area (TPSA) is 112 Å². The van der Waals surface area contributed by atoms with Gasteiger partial charge in [0, 0.05) is 0 Å². The fourth-order valence-electron chi connectivity index (χ4n) is 3.21. The van der Waals surface area contributed by atoms with E-state index in [9.17, 15) is 14.9 Å². The predicted molar refractivity (Wildman–Crippen MR) is 121 cm³/mol. The van der Waals surface area contributed by atoms with Gasteiger partial charge in [-0.2, -0.15) is 10.2 Å². The van der Waals surface area contributed by atoms with Crippen LogP contribution in [0.25, 0.3) is 0 Å². The minimum Gasteiger partial charge on any atom is -0.489 e. The van der Waals surface area contributed by atoms with E-state index in [1.807, 2.05) is 55.5 Å². The first-order valence-corrected chi connectivity index (χ1v) is 10.1. The highest BCUT2D eigenvalue weighted by Gasteiger charge is 2.22. The van der Waals surface area contributed by atoms with Gasteiger partial charge in [-0.15, -0.1) is 0 Å². The van der Waals surface area contributed by atoms with Gasteiger partial charge in [0.05, 0.1) is 10.6 Å². The van der Waals surface area contributed by atoms with Crippen LogP contribution in [0, 0.1) is 30.9 Å². The van der Waals surface area contributed by atoms with Gasteiger partial charge in [-0.1, -0.05) is 24.3 Å². The van der Waals surface area contributed by atoms with E-state index in [2.05, 4.69) is 15.6 Å². The third-order valence-corrected chi connectivity index (χ3v) is 5.10. The summed E-state index contributed by atoms with van der Waals surface area (Å²) < 4.78 is 7.14. The predicted octanol–water partition coefficient (Wildman–Crippen LogP) is 3.84. The van der Waals surface area contributed by atoms with Gasteiger partial charge in [0.25, 0.3) is 5.91 Å². The first kappa shape index (κ1) is 22.7. The van der Waals surface area contributed by atoms with Crippen LogP contribution in [0.1, 0.15) is 35.0 Å². The summed E-state index contributed by atoms with van der Waals surface area (Å²) in [5.74, 6) is 0.308. The van der Waals surface area contributed by atoms with E-state index < -0.39 is 10.8 Å². The molecule has 0 aliphatic rings. The summed E-state index contributed by atoms with van der Waals surface area (Å²) >= 11 is 0. The quantitative estimate of drug-likeness (QED) is 0.328. The average molecular weight is 435 g/mol. The van der Waals surface area contributed by atoms with Crippen LogP contribution in [0.4, 0.5) is 5.69 Å². The summed E-state index contributed by atoms with van der Waals surface area (Å²) in [7, 11) is 0. The van der Waals surface area contributed by atoms with Crippen molar-refractivity contribution in [1.29, 1.82) is 0 Å². The maximum Gasteiger partial charge on any atom is 0.312 e. The molecule has 0 unspecified atom stereocenters. The van der Waals surface area contributed by atoms with Gasteiger partial charge >= 0.3 is 5.69 Å². The second kappa shape index (κ2) is 9.86.